The second-order valence-electron chi connectivity index (χ2n) is 8.78. The van der Waals surface area contributed by atoms with Gasteiger partial charge in [0.25, 0.3) is 5.92 Å². The van der Waals surface area contributed by atoms with Gasteiger partial charge in [0.05, 0.1) is 15.6 Å². The zero-order valence-corrected chi connectivity index (χ0v) is 22.0. The van der Waals surface area contributed by atoms with Crippen molar-refractivity contribution in [3.8, 4) is 11.8 Å². The highest BCUT2D eigenvalue weighted by molar-refractivity contribution is 8.45. The number of hydrogen-bond donors (Lipinski definition) is 2. The lowest BCUT2D eigenvalue weighted by molar-refractivity contribution is -0.123. The lowest BCUT2D eigenvalue weighted by Crippen LogP contribution is -2.35. The number of primary amides is 1. The standard InChI is InChI=1S/C22H13Cl2F8N5O3S/c23-13-5-12(41(28,29,30,31)32)6-14(24)17(13)37-18(35-20(39)40-8-10-1-3-11(25)4-2-10)16(15(7-33)36-37)21(19(34)38)9-22(21,26)27/h1-6H,8-9H2,(H2,34,38)(H,35,39). The average Bonchev–Trinajstić information content (AvgIpc) is 3.25. The molecule has 0 aliphatic heterocycles. The number of nitrogens with one attached hydrogen (secondary N) is 1. The molecule has 0 radical (unpaired) electrons. The molecular formula is C22H13Cl2F8N5O3S. The minimum Gasteiger partial charge on any atom is -0.444 e. The molecule has 1 saturated carbocycles. The van der Waals surface area contributed by atoms with Crippen molar-refractivity contribution >= 4 is 51.2 Å². The molecular weight excluding hydrogens is 637 g/mol. The van der Waals surface area contributed by atoms with Gasteiger partial charge in [0.15, 0.2) is 5.69 Å². The summed E-state index contributed by atoms with van der Waals surface area (Å²) in [4.78, 5) is 22.4. The third-order valence-electron chi connectivity index (χ3n) is 5.98. The summed E-state index contributed by atoms with van der Waals surface area (Å²) in [5.41, 5.74) is -0.222. The summed E-state index contributed by atoms with van der Waals surface area (Å²) >= 11 is 11.7. The molecule has 1 unspecified atom stereocenters. The molecule has 220 valence electrons. The van der Waals surface area contributed by atoms with Crippen molar-refractivity contribution in [1.82, 2.24) is 9.78 Å². The Morgan fingerprint density at radius 3 is 2.10 bits per heavy atom. The normalized spacial score (nSPS) is 19.4. The maximum atomic E-state index is 14.6. The Labute approximate surface area is 234 Å². The maximum absolute atomic E-state index is 14.6. The van der Waals surface area contributed by atoms with Crippen LogP contribution in [0.25, 0.3) is 5.69 Å². The van der Waals surface area contributed by atoms with Crippen LogP contribution >= 0.6 is 33.4 Å². The average molecular weight is 650 g/mol. The molecule has 19 heteroatoms. The zero-order valence-electron chi connectivity index (χ0n) is 19.7. The molecule has 1 atom stereocenters. The Morgan fingerprint density at radius 1 is 1.12 bits per heavy atom. The quantitative estimate of drug-likeness (QED) is 0.259. The van der Waals surface area contributed by atoms with Gasteiger partial charge in [0.2, 0.25) is 5.91 Å². The van der Waals surface area contributed by atoms with Crippen molar-refractivity contribution in [2.24, 2.45) is 5.73 Å². The fourth-order valence-electron chi connectivity index (χ4n) is 3.96. The van der Waals surface area contributed by atoms with Gasteiger partial charge in [0.1, 0.15) is 40.3 Å². The Morgan fingerprint density at radius 2 is 1.66 bits per heavy atom. The topological polar surface area (TPSA) is 123 Å². The lowest BCUT2D eigenvalue weighted by Gasteiger charge is -2.40. The third-order valence-corrected chi connectivity index (χ3v) is 7.68. The van der Waals surface area contributed by atoms with E-state index in [9.17, 15) is 47.5 Å². The Bertz CT molecular complexity index is 1640. The van der Waals surface area contributed by atoms with Crippen LogP contribution in [0.4, 0.5) is 43.2 Å². The number of hydrogen-bond acceptors (Lipinski definition) is 5. The number of alkyl halides is 2. The predicted octanol–water partition coefficient (Wildman–Crippen LogP) is 7.36. The van der Waals surface area contributed by atoms with E-state index in [1.165, 1.54) is 18.2 Å². The minimum absolute atomic E-state index is 0.218. The highest BCUT2D eigenvalue weighted by Gasteiger charge is 2.78. The van der Waals surface area contributed by atoms with Crippen molar-refractivity contribution in [2.45, 2.75) is 29.3 Å². The molecule has 3 aromatic rings. The molecule has 2 amide bonds. The van der Waals surface area contributed by atoms with Gasteiger partial charge in [0, 0.05) is 6.42 Å². The van der Waals surface area contributed by atoms with E-state index in [1.54, 1.807) is 0 Å². The minimum atomic E-state index is -10.3. The summed E-state index contributed by atoms with van der Waals surface area (Å²) in [6.45, 7) is -0.516. The van der Waals surface area contributed by atoms with Crippen molar-refractivity contribution in [3.63, 3.8) is 0 Å². The number of benzene rings is 2. The van der Waals surface area contributed by atoms with Gasteiger partial charge in [-0.05, 0) is 29.8 Å². The molecule has 1 fully saturated rings. The van der Waals surface area contributed by atoms with Crippen LogP contribution in [0.3, 0.4) is 0 Å². The number of carbonyl (C=O) groups is 2. The maximum Gasteiger partial charge on any atom is 0.413 e. The fraction of sp³-hybridized carbons (Fsp3) is 0.182. The number of carbonyl (C=O) groups excluding carboxylic acids is 2. The Hall–Kier alpha value is -3.75. The molecule has 2 aromatic carbocycles. The number of halogens is 10. The van der Waals surface area contributed by atoms with Gasteiger partial charge < -0.3 is 10.5 Å². The molecule has 1 aliphatic carbocycles. The van der Waals surface area contributed by atoms with E-state index in [4.69, 9.17) is 33.7 Å². The monoisotopic (exact) mass is 649 g/mol. The van der Waals surface area contributed by atoms with Crippen LogP contribution in [0.5, 0.6) is 0 Å². The van der Waals surface area contributed by atoms with Gasteiger partial charge >= 0.3 is 16.3 Å². The van der Waals surface area contributed by atoms with Crippen LogP contribution in [0.2, 0.25) is 10.0 Å². The van der Waals surface area contributed by atoms with Gasteiger partial charge in [-0.15, -0.1) is 0 Å². The molecule has 8 nitrogen and oxygen atoms in total. The van der Waals surface area contributed by atoms with E-state index in [0.29, 0.717) is 4.68 Å². The number of anilines is 1. The van der Waals surface area contributed by atoms with Crippen LogP contribution in [0.1, 0.15) is 23.2 Å². The molecule has 1 heterocycles. The van der Waals surface area contributed by atoms with E-state index in [2.05, 4.69) is 5.10 Å². The van der Waals surface area contributed by atoms with Crippen molar-refractivity contribution < 1.29 is 46.9 Å². The van der Waals surface area contributed by atoms with E-state index in [0.717, 1.165) is 12.1 Å². The summed E-state index contributed by atoms with van der Waals surface area (Å²) in [7, 11) is -10.3. The third kappa shape index (κ3) is 5.46. The first-order valence-electron chi connectivity index (χ1n) is 10.7. The molecule has 0 bridgehead atoms. The van der Waals surface area contributed by atoms with E-state index < -0.39 is 90.1 Å². The number of nitrogens with two attached hydrogens (primary N) is 1. The van der Waals surface area contributed by atoms with Crippen LogP contribution in [0.15, 0.2) is 41.3 Å². The lowest BCUT2D eigenvalue weighted by atomic mass is 9.93. The van der Waals surface area contributed by atoms with Gasteiger partial charge in [-0.3, -0.25) is 10.1 Å². The molecule has 41 heavy (non-hydrogen) atoms. The smallest absolute Gasteiger partial charge is 0.413 e. The SMILES string of the molecule is N#Cc1nn(-c2c(Cl)cc(S(F)(F)(F)(F)F)cc2Cl)c(NC(=O)OCc2ccc(F)cc2)c1C1(C(N)=O)CC1(F)F. The number of nitriles is 1. The summed E-state index contributed by atoms with van der Waals surface area (Å²) in [5, 5.41) is 12.9. The van der Waals surface area contributed by atoms with Crippen molar-refractivity contribution in [2.75, 3.05) is 5.32 Å². The number of rotatable bonds is 7. The molecule has 1 aliphatic rings. The van der Waals surface area contributed by atoms with E-state index in [-0.39, 0.29) is 17.7 Å². The second-order valence-corrected chi connectivity index (χ2v) is 12.0. The van der Waals surface area contributed by atoms with Gasteiger partial charge in [-0.1, -0.05) is 54.8 Å². The first-order chi connectivity index (χ1) is 18.6. The largest absolute Gasteiger partial charge is 0.444 e. The Balaban J connectivity index is 1.89. The first-order valence-corrected chi connectivity index (χ1v) is 13.4. The Kier molecular flexibility index (Phi) is 6.54. The van der Waals surface area contributed by atoms with Gasteiger partial charge in [-0.2, -0.15) is 10.4 Å². The molecule has 1 aromatic heterocycles. The summed E-state index contributed by atoms with van der Waals surface area (Å²) in [6, 6.07) is 5.51. The number of ether oxygens (including phenoxy) is 1. The fourth-order valence-corrected chi connectivity index (χ4v) is 5.42. The number of aromatic nitrogens is 2. The van der Waals surface area contributed by atoms with Crippen molar-refractivity contribution in [3.05, 3.63) is 69.1 Å². The number of nitrogens with zero attached hydrogens (tertiary/aromatic N) is 3. The zero-order chi connectivity index (χ0) is 30.8. The predicted molar refractivity (Wildman–Crippen MR) is 130 cm³/mol. The number of amides is 2. The summed E-state index contributed by atoms with van der Waals surface area (Å²) in [5.74, 6) is -7.09. The highest BCUT2D eigenvalue weighted by Crippen LogP contribution is 3.02. The van der Waals surface area contributed by atoms with Gasteiger partial charge in [-0.25, -0.2) is 22.6 Å². The molecule has 0 spiro atoms. The molecule has 4 rings (SSSR count). The molecule has 0 saturated heterocycles. The van der Waals surface area contributed by atoms with Crippen LogP contribution in [0, 0.1) is 17.1 Å². The first kappa shape index (κ1) is 30.2. The van der Waals surface area contributed by atoms with E-state index in [1.807, 2.05) is 5.32 Å². The van der Waals surface area contributed by atoms with Crippen LogP contribution in [-0.2, 0) is 21.6 Å². The van der Waals surface area contributed by atoms with Crippen molar-refractivity contribution in [1.29, 1.82) is 5.26 Å². The molecule has 3 N–H and O–H groups in total. The highest BCUT2D eigenvalue weighted by atomic mass is 35.5. The van der Waals surface area contributed by atoms with Crippen LogP contribution in [-0.4, -0.2) is 27.7 Å². The summed E-state index contributed by atoms with van der Waals surface area (Å²) < 4.78 is 114. The van der Waals surface area contributed by atoms with Crippen LogP contribution < -0.4 is 11.1 Å². The summed E-state index contributed by atoms with van der Waals surface area (Å²) in [6.07, 6.45) is -2.69. The second kappa shape index (κ2) is 8.87. The van der Waals surface area contributed by atoms with E-state index >= 15 is 0 Å².